The molecule has 1 aliphatic heterocycles. The molecule has 3 rings (SSSR count). The summed E-state index contributed by atoms with van der Waals surface area (Å²) in [5, 5.41) is 2.84. The Kier molecular flexibility index (Phi) is 5.87. The number of hydrogen-bond donors (Lipinski definition) is 1. The Morgan fingerprint density at radius 2 is 1.86 bits per heavy atom. The highest BCUT2D eigenvalue weighted by Gasteiger charge is 2.33. The first kappa shape index (κ1) is 20.4. The molecule has 7 heteroatoms. The van der Waals surface area contributed by atoms with Crippen molar-refractivity contribution in [1.29, 1.82) is 0 Å². The van der Waals surface area contributed by atoms with Gasteiger partial charge in [-0.2, -0.15) is 0 Å². The molecule has 0 saturated heterocycles. The molecule has 152 valence electrons. The quantitative estimate of drug-likeness (QED) is 0.844. The molecule has 1 atom stereocenters. The molecule has 0 fully saturated rings. The smallest absolute Gasteiger partial charge is 0.268 e. The van der Waals surface area contributed by atoms with Crippen molar-refractivity contribution in [3.05, 3.63) is 53.6 Å². The monoisotopic (exact) mass is 395 g/mol. The van der Waals surface area contributed by atoms with Crippen LogP contribution >= 0.6 is 0 Å². The number of amides is 3. The Morgan fingerprint density at radius 1 is 1.14 bits per heavy atom. The first-order chi connectivity index (χ1) is 13.8. The van der Waals surface area contributed by atoms with Crippen molar-refractivity contribution in [2.75, 3.05) is 30.4 Å². The minimum absolute atomic E-state index is 0.109. The number of carbonyl (C=O) groups is 3. The van der Waals surface area contributed by atoms with Crippen molar-refractivity contribution < 1.29 is 19.1 Å². The molecule has 0 aromatic heterocycles. The topological polar surface area (TPSA) is 79.0 Å². The molecule has 0 bridgehead atoms. The van der Waals surface area contributed by atoms with E-state index in [4.69, 9.17) is 4.74 Å². The number of nitrogens with zero attached hydrogens (tertiary/aromatic N) is 2. The Hall–Kier alpha value is -3.35. The molecule has 7 nitrogen and oxygen atoms in total. The molecule has 3 amide bonds. The van der Waals surface area contributed by atoms with Gasteiger partial charge in [-0.25, -0.2) is 0 Å². The maximum Gasteiger partial charge on any atom is 0.268 e. The van der Waals surface area contributed by atoms with Gasteiger partial charge in [0.1, 0.15) is 12.3 Å². The van der Waals surface area contributed by atoms with Crippen LogP contribution in [0, 0.1) is 13.8 Å². The highest BCUT2D eigenvalue weighted by molar-refractivity contribution is 6.04. The van der Waals surface area contributed by atoms with Crippen LogP contribution in [0.5, 0.6) is 5.75 Å². The van der Waals surface area contributed by atoms with Gasteiger partial charge in [-0.1, -0.05) is 24.3 Å². The van der Waals surface area contributed by atoms with Crippen molar-refractivity contribution >= 4 is 29.1 Å². The number of rotatable bonds is 5. The van der Waals surface area contributed by atoms with Gasteiger partial charge in [-0.15, -0.1) is 0 Å². The summed E-state index contributed by atoms with van der Waals surface area (Å²) in [6, 6.07) is 12.8. The largest absolute Gasteiger partial charge is 0.479 e. The standard InChI is InChI=1S/C22H25N3O4/c1-14-8-7-9-17(15(14)2)23-20(26)12-24(4)21(27)13-25-18-10-5-6-11-19(18)29-16(3)22(25)28/h5-11,16H,12-13H2,1-4H3,(H,23,26). The number of carbonyl (C=O) groups excluding carboxylic acids is 3. The lowest BCUT2D eigenvalue weighted by Crippen LogP contribution is -2.49. The van der Waals surface area contributed by atoms with E-state index in [1.807, 2.05) is 38.1 Å². The van der Waals surface area contributed by atoms with Crippen LogP contribution in [-0.4, -0.2) is 48.9 Å². The summed E-state index contributed by atoms with van der Waals surface area (Å²) in [5.74, 6) is -0.358. The average Bonchev–Trinajstić information content (AvgIpc) is 2.68. The fourth-order valence-corrected chi connectivity index (χ4v) is 3.16. The maximum absolute atomic E-state index is 12.7. The van der Waals surface area contributed by atoms with Gasteiger partial charge in [0.25, 0.3) is 5.91 Å². The third kappa shape index (κ3) is 4.39. The van der Waals surface area contributed by atoms with Crippen molar-refractivity contribution in [1.82, 2.24) is 4.90 Å². The van der Waals surface area contributed by atoms with Crippen molar-refractivity contribution in [3.8, 4) is 5.75 Å². The number of hydrogen-bond acceptors (Lipinski definition) is 4. The van der Waals surface area contributed by atoms with Crippen LogP contribution < -0.4 is 15.0 Å². The van der Waals surface area contributed by atoms with E-state index in [1.165, 1.54) is 9.80 Å². The predicted molar refractivity (Wildman–Crippen MR) is 111 cm³/mol. The highest BCUT2D eigenvalue weighted by Crippen LogP contribution is 2.33. The SMILES string of the molecule is Cc1cccc(NC(=O)CN(C)C(=O)CN2C(=O)C(C)Oc3ccccc32)c1C. The first-order valence-corrected chi connectivity index (χ1v) is 9.45. The molecule has 1 unspecified atom stereocenters. The van der Waals surface area contributed by atoms with E-state index in [0.29, 0.717) is 11.4 Å². The number of anilines is 2. The number of aryl methyl sites for hydroxylation is 1. The molecule has 0 spiro atoms. The second-order valence-corrected chi connectivity index (χ2v) is 7.20. The van der Waals surface area contributed by atoms with E-state index in [2.05, 4.69) is 5.32 Å². The maximum atomic E-state index is 12.7. The molecule has 1 aliphatic rings. The molecule has 0 radical (unpaired) electrons. The molecular formula is C22H25N3O4. The van der Waals surface area contributed by atoms with Crippen LogP contribution in [0.1, 0.15) is 18.1 Å². The van der Waals surface area contributed by atoms with E-state index in [-0.39, 0.29) is 30.8 Å². The van der Waals surface area contributed by atoms with Crippen LogP contribution in [0.15, 0.2) is 42.5 Å². The fourth-order valence-electron chi connectivity index (χ4n) is 3.16. The first-order valence-electron chi connectivity index (χ1n) is 9.45. The van der Waals surface area contributed by atoms with Crippen LogP contribution in [-0.2, 0) is 14.4 Å². The lowest BCUT2D eigenvalue weighted by Gasteiger charge is -2.33. The summed E-state index contributed by atoms with van der Waals surface area (Å²) in [6.07, 6.45) is -0.671. The molecule has 2 aromatic rings. The summed E-state index contributed by atoms with van der Waals surface area (Å²) in [4.78, 5) is 40.3. The molecule has 1 N–H and O–H groups in total. The molecule has 29 heavy (non-hydrogen) atoms. The van der Waals surface area contributed by atoms with Crippen molar-refractivity contribution in [2.24, 2.45) is 0 Å². The number of nitrogens with one attached hydrogen (secondary N) is 1. The Bertz CT molecular complexity index is 957. The predicted octanol–water partition coefficient (Wildman–Crippen LogP) is 2.51. The number of likely N-dealkylation sites (N-methyl/N-ethyl adjacent to an activating group) is 1. The number of ether oxygens (including phenoxy) is 1. The Morgan fingerprint density at radius 3 is 2.62 bits per heavy atom. The van der Waals surface area contributed by atoms with E-state index < -0.39 is 6.10 Å². The van der Waals surface area contributed by atoms with Crippen molar-refractivity contribution in [3.63, 3.8) is 0 Å². The second kappa shape index (κ2) is 8.34. The molecule has 0 saturated carbocycles. The lowest BCUT2D eigenvalue weighted by atomic mass is 10.1. The van der Waals surface area contributed by atoms with Gasteiger partial charge in [-0.3, -0.25) is 19.3 Å². The Labute approximate surface area is 170 Å². The summed E-state index contributed by atoms with van der Waals surface area (Å²) < 4.78 is 5.59. The van der Waals surface area contributed by atoms with E-state index in [9.17, 15) is 14.4 Å². The molecular weight excluding hydrogens is 370 g/mol. The lowest BCUT2D eigenvalue weighted by molar-refractivity contribution is -0.134. The number of para-hydroxylation sites is 2. The van der Waals surface area contributed by atoms with E-state index in [0.717, 1.165) is 16.8 Å². The fraction of sp³-hybridized carbons (Fsp3) is 0.318. The van der Waals surface area contributed by atoms with Crippen LogP contribution in [0.3, 0.4) is 0 Å². The van der Waals surface area contributed by atoms with Gasteiger partial charge in [-0.05, 0) is 50.1 Å². The van der Waals surface area contributed by atoms with Gasteiger partial charge in [0.05, 0.1) is 12.2 Å². The van der Waals surface area contributed by atoms with E-state index in [1.54, 1.807) is 32.2 Å². The minimum atomic E-state index is -0.671. The number of fused-ring (bicyclic) bond motifs is 1. The summed E-state index contributed by atoms with van der Waals surface area (Å²) >= 11 is 0. The summed E-state index contributed by atoms with van der Waals surface area (Å²) in [5.41, 5.74) is 3.34. The van der Waals surface area contributed by atoms with E-state index >= 15 is 0 Å². The normalized spacial score (nSPS) is 15.4. The average molecular weight is 395 g/mol. The van der Waals surface area contributed by atoms with Crippen LogP contribution in [0.2, 0.25) is 0 Å². The van der Waals surface area contributed by atoms with Crippen LogP contribution in [0.25, 0.3) is 0 Å². The third-order valence-corrected chi connectivity index (χ3v) is 5.05. The van der Waals surface area contributed by atoms with Gasteiger partial charge in [0, 0.05) is 12.7 Å². The zero-order valence-corrected chi connectivity index (χ0v) is 17.1. The third-order valence-electron chi connectivity index (χ3n) is 5.05. The second-order valence-electron chi connectivity index (χ2n) is 7.20. The van der Waals surface area contributed by atoms with Crippen molar-refractivity contribution in [2.45, 2.75) is 26.9 Å². The van der Waals surface area contributed by atoms with Gasteiger partial charge < -0.3 is 15.0 Å². The molecule has 0 aliphatic carbocycles. The summed E-state index contributed by atoms with van der Waals surface area (Å²) in [7, 11) is 1.55. The van der Waals surface area contributed by atoms with Gasteiger partial charge in [0.15, 0.2) is 6.10 Å². The van der Waals surface area contributed by atoms with Crippen LogP contribution in [0.4, 0.5) is 11.4 Å². The molecule has 2 aromatic carbocycles. The zero-order chi connectivity index (χ0) is 21.1. The highest BCUT2D eigenvalue weighted by atomic mass is 16.5. The minimum Gasteiger partial charge on any atom is -0.479 e. The number of benzene rings is 2. The Balaban J connectivity index is 1.65. The molecule has 1 heterocycles. The zero-order valence-electron chi connectivity index (χ0n) is 17.1. The van der Waals surface area contributed by atoms with Gasteiger partial charge in [0.2, 0.25) is 11.8 Å². The van der Waals surface area contributed by atoms with Gasteiger partial charge >= 0.3 is 0 Å². The summed E-state index contributed by atoms with van der Waals surface area (Å²) in [6.45, 7) is 5.29.